The smallest absolute Gasteiger partial charge is 0.253 e. The number of carbonyl (C=O) groups is 2. The van der Waals surface area contributed by atoms with E-state index in [9.17, 15) is 14.0 Å². The highest BCUT2D eigenvalue weighted by atomic mass is 35.5. The molecule has 1 aromatic rings. The summed E-state index contributed by atoms with van der Waals surface area (Å²) in [5, 5.41) is 3.02. The number of likely N-dealkylation sites (tertiary alicyclic amines) is 1. The average Bonchev–Trinajstić information content (AvgIpc) is 2.60. The Morgan fingerprint density at radius 1 is 1.31 bits per heavy atom. The lowest BCUT2D eigenvalue weighted by atomic mass is 9.95. The first-order chi connectivity index (χ1) is 11.9. The first kappa shape index (κ1) is 22.4. The molecule has 0 radical (unpaired) electrons. The molecule has 0 spiro atoms. The monoisotopic (exact) mass is 385 g/mol. The van der Waals surface area contributed by atoms with Gasteiger partial charge in [0.05, 0.1) is 5.92 Å². The van der Waals surface area contributed by atoms with E-state index in [0.29, 0.717) is 31.1 Å². The molecular formula is C19H29ClFN3O2. The van der Waals surface area contributed by atoms with E-state index in [2.05, 4.69) is 19.2 Å². The molecule has 0 saturated carbocycles. The third-order valence-corrected chi connectivity index (χ3v) is 4.56. The molecule has 2 unspecified atom stereocenters. The van der Waals surface area contributed by atoms with Crippen LogP contribution in [0.2, 0.25) is 0 Å². The quantitative estimate of drug-likeness (QED) is 0.790. The van der Waals surface area contributed by atoms with Crippen molar-refractivity contribution in [2.75, 3.05) is 19.6 Å². The summed E-state index contributed by atoms with van der Waals surface area (Å²) in [5.41, 5.74) is 6.20. The number of amides is 2. The maximum Gasteiger partial charge on any atom is 0.253 e. The van der Waals surface area contributed by atoms with Gasteiger partial charge in [-0.25, -0.2) is 4.39 Å². The third kappa shape index (κ3) is 6.25. The van der Waals surface area contributed by atoms with Crippen molar-refractivity contribution in [2.24, 2.45) is 17.6 Å². The van der Waals surface area contributed by atoms with Crippen molar-refractivity contribution in [2.45, 2.75) is 39.2 Å². The van der Waals surface area contributed by atoms with Crippen LogP contribution >= 0.6 is 12.4 Å². The maximum atomic E-state index is 13.0. The Bertz CT molecular complexity index is 595. The van der Waals surface area contributed by atoms with Gasteiger partial charge < -0.3 is 16.0 Å². The lowest BCUT2D eigenvalue weighted by Crippen LogP contribution is -2.49. The predicted molar refractivity (Wildman–Crippen MR) is 103 cm³/mol. The number of carbonyl (C=O) groups excluding carboxylic acids is 2. The molecule has 2 amide bonds. The Kier molecular flexibility index (Phi) is 9.02. The zero-order valence-electron chi connectivity index (χ0n) is 15.4. The van der Waals surface area contributed by atoms with Crippen LogP contribution in [0, 0.1) is 17.7 Å². The minimum atomic E-state index is -0.370. The van der Waals surface area contributed by atoms with Gasteiger partial charge in [-0.15, -0.1) is 12.4 Å². The van der Waals surface area contributed by atoms with Crippen molar-refractivity contribution in [1.82, 2.24) is 10.2 Å². The first-order valence-electron chi connectivity index (χ1n) is 8.96. The third-order valence-electron chi connectivity index (χ3n) is 4.56. The number of hydrogen-bond acceptors (Lipinski definition) is 3. The van der Waals surface area contributed by atoms with Crippen LogP contribution in [0.25, 0.3) is 0 Å². The van der Waals surface area contributed by atoms with E-state index in [0.717, 1.165) is 19.3 Å². The topological polar surface area (TPSA) is 75.4 Å². The highest BCUT2D eigenvalue weighted by Gasteiger charge is 2.29. The molecule has 1 aromatic carbocycles. The van der Waals surface area contributed by atoms with Crippen LogP contribution in [-0.4, -0.2) is 42.4 Å². The minimum Gasteiger partial charge on any atom is -0.352 e. The van der Waals surface area contributed by atoms with Gasteiger partial charge in [0.1, 0.15) is 5.82 Å². The minimum absolute atomic E-state index is 0. The Hall–Kier alpha value is -1.66. The molecule has 1 aliphatic rings. The van der Waals surface area contributed by atoms with E-state index < -0.39 is 0 Å². The Labute approximate surface area is 160 Å². The number of piperidine rings is 1. The summed E-state index contributed by atoms with van der Waals surface area (Å²) in [6, 6.07) is 5.48. The Morgan fingerprint density at radius 2 is 1.96 bits per heavy atom. The van der Waals surface area contributed by atoms with E-state index in [1.807, 2.05) is 0 Å². The summed E-state index contributed by atoms with van der Waals surface area (Å²) in [4.78, 5) is 26.8. The van der Waals surface area contributed by atoms with Crippen molar-refractivity contribution >= 4 is 24.2 Å². The molecule has 2 rings (SSSR count). The summed E-state index contributed by atoms with van der Waals surface area (Å²) in [5.74, 6) is -0.329. The summed E-state index contributed by atoms with van der Waals surface area (Å²) in [6.07, 6.45) is 2.38. The molecule has 7 heteroatoms. The summed E-state index contributed by atoms with van der Waals surface area (Å²) >= 11 is 0. The molecule has 1 aliphatic heterocycles. The first-order valence-corrected chi connectivity index (χ1v) is 8.96. The van der Waals surface area contributed by atoms with Crippen molar-refractivity contribution in [3.63, 3.8) is 0 Å². The number of benzene rings is 1. The molecule has 0 aliphatic carbocycles. The number of hydrogen-bond donors (Lipinski definition) is 2. The molecule has 2 atom stereocenters. The molecule has 3 N–H and O–H groups in total. The molecule has 146 valence electrons. The van der Waals surface area contributed by atoms with Crippen molar-refractivity contribution in [3.05, 3.63) is 35.6 Å². The van der Waals surface area contributed by atoms with Crippen LogP contribution in [-0.2, 0) is 4.79 Å². The fourth-order valence-corrected chi connectivity index (χ4v) is 3.25. The van der Waals surface area contributed by atoms with Gasteiger partial charge in [0.2, 0.25) is 5.91 Å². The van der Waals surface area contributed by atoms with Gasteiger partial charge in [0.25, 0.3) is 5.91 Å². The average molecular weight is 386 g/mol. The standard InChI is InChI=1S/C19H28FN3O2.ClH/c1-13(2)10-17(11-21)22-18(24)15-4-3-9-23(12-15)19(25)14-5-7-16(20)8-6-14;/h5-8,13,15,17H,3-4,9-12,21H2,1-2H3,(H,22,24);1H. The van der Waals surface area contributed by atoms with Gasteiger partial charge in [-0.05, 0) is 49.4 Å². The fraction of sp³-hybridized carbons (Fsp3) is 0.579. The summed E-state index contributed by atoms with van der Waals surface area (Å²) in [7, 11) is 0. The van der Waals surface area contributed by atoms with Crippen LogP contribution in [0.4, 0.5) is 4.39 Å². The normalized spacial score (nSPS) is 18.2. The lowest BCUT2D eigenvalue weighted by Gasteiger charge is -2.33. The Balaban J connectivity index is 0.00000338. The second-order valence-electron chi connectivity index (χ2n) is 7.17. The van der Waals surface area contributed by atoms with Gasteiger partial charge in [-0.3, -0.25) is 9.59 Å². The lowest BCUT2D eigenvalue weighted by molar-refractivity contribution is -0.127. The molecule has 1 fully saturated rings. The molecule has 1 heterocycles. The largest absolute Gasteiger partial charge is 0.352 e. The van der Waals surface area contributed by atoms with Gasteiger partial charge in [-0.2, -0.15) is 0 Å². The van der Waals surface area contributed by atoms with Crippen molar-refractivity contribution in [3.8, 4) is 0 Å². The Morgan fingerprint density at radius 3 is 2.54 bits per heavy atom. The highest BCUT2D eigenvalue weighted by Crippen LogP contribution is 2.19. The number of nitrogens with two attached hydrogens (primary N) is 1. The zero-order valence-corrected chi connectivity index (χ0v) is 16.2. The maximum absolute atomic E-state index is 13.0. The molecule has 0 aromatic heterocycles. The number of nitrogens with one attached hydrogen (secondary N) is 1. The van der Waals surface area contributed by atoms with Crippen LogP contribution in [0.1, 0.15) is 43.5 Å². The van der Waals surface area contributed by atoms with E-state index in [4.69, 9.17) is 5.73 Å². The van der Waals surface area contributed by atoms with Crippen LogP contribution in [0.5, 0.6) is 0 Å². The number of nitrogens with zero attached hydrogens (tertiary/aromatic N) is 1. The summed E-state index contributed by atoms with van der Waals surface area (Å²) < 4.78 is 13.0. The predicted octanol–water partition coefficient (Wildman–Crippen LogP) is 2.59. The van der Waals surface area contributed by atoms with E-state index in [1.54, 1.807) is 4.90 Å². The highest BCUT2D eigenvalue weighted by molar-refractivity contribution is 5.94. The second-order valence-corrected chi connectivity index (χ2v) is 7.17. The molecule has 5 nitrogen and oxygen atoms in total. The SMILES string of the molecule is CC(C)CC(CN)NC(=O)C1CCCN(C(=O)c2ccc(F)cc2)C1.Cl. The van der Waals surface area contributed by atoms with E-state index in [1.165, 1.54) is 24.3 Å². The van der Waals surface area contributed by atoms with Crippen LogP contribution in [0.15, 0.2) is 24.3 Å². The molecule has 26 heavy (non-hydrogen) atoms. The van der Waals surface area contributed by atoms with E-state index in [-0.39, 0.29) is 42.0 Å². The zero-order chi connectivity index (χ0) is 18.4. The van der Waals surface area contributed by atoms with Crippen LogP contribution in [0.3, 0.4) is 0 Å². The number of rotatable bonds is 6. The van der Waals surface area contributed by atoms with Gasteiger partial charge >= 0.3 is 0 Å². The van der Waals surface area contributed by atoms with E-state index >= 15 is 0 Å². The van der Waals surface area contributed by atoms with Gasteiger partial charge in [-0.1, -0.05) is 13.8 Å². The number of halogens is 2. The van der Waals surface area contributed by atoms with Gasteiger partial charge in [0, 0.05) is 31.2 Å². The fourth-order valence-electron chi connectivity index (χ4n) is 3.25. The summed E-state index contributed by atoms with van der Waals surface area (Å²) in [6.45, 7) is 5.61. The van der Waals surface area contributed by atoms with Gasteiger partial charge in [0.15, 0.2) is 0 Å². The van der Waals surface area contributed by atoms with Crippen LogP contribution < -0.4 is 11.1 Å². The van der Waals surface area contributed by atoms with Crippen molar-refractivity contribution < 1.29 is 14.0 Å². The van der Waals surface area contributed by atoms with Crippen molar-refractivity contribution in [1.29, 1.82) is 0 Å². The molecule has 1 saturated heterocycles. The second kappa shape index (κ2) is 10.5. The molecule has 0 bridgehead atoms. The molecular weight excluding hydrogens is 357 g/mol.